The van der Waals surface area contributed by atoms with Crippen LogP contribution in [0.15, 0.2) is 82.4 Å². The van der Waals surface area contributed by atoms with Gasteiger partial charge in [0.2, 0.25) is 15.0 Å². The second-order valence-electron chi connectivity index (χ2n) is 10.8. The topological polar surface area (TPSA) is 89.4 Å². The Morgan fingerprint density at radius 1 is 0.731 bits per heavy atom. The standard InChI is InChI=1S/C19H12Cl2FNO2S3.C17H10Cl2FNO2S/c1-9-7-12(21)14(13(22)8-9)15-16(24)23-17(10-3-5-11(20)6-4-10)28-18(15)25-19(26)27-2;1-8-6-11(19)13(12(20)7-8)14-15(22)21-16(24-17(14)23)9-2-4-10(18)5-3-9/h3-8H,1-2H3;2-7,22H,1H3. The highest BCUT2D eigenvalue weighted by Crippen LogP contribution is 2.41. The van der Waals surface area contributed by atoms with Gasteiger partial charge in [0.15, 0.2) is 5.06 Å². The molecule has 6 aromatic rings. The molecule has 0 fully saturated rings. The molecule has 0 aliphatic carbocycles. The van der Waals surface area contributed by atoms with E-state index < -0.39 is 27.8 Å². The van der Waals surface area contributed by atoms with Crippen molar-refractivity contribution in [2.75, 3.05) is 6.26 Å². The molecule has 0 amide bonds. The van der Waals surface area contributed by atoms with Crippen LogP contribution in [0.2, 0.25) is 20.1 Å². The van der Waals surface area contributed by atoms with E-state index in [0.717, 1.165) is 22.7 Å². The number of aromatic hydroxyl groups is 1. The lowest BCUT2D eigenvalue weighted by molar-refractivity contribution is 0.456. The van der Waals surface area contributed by atoms with Crippen molar-refractivity contribution in [1.82, 2.24) is 9.97 Å². The van der Waals surface area contributed by atoms with Gasteiger partial charge in [-0.15, -0.1) is 0 Å². The number of aryl methyl sites for hydroxylation is 2. The molecule has 4 aromatic carbocycles. The third-order valence-electron chi connectivity index (χ3n) is 7.03. The smallest absolute Gasteiger partial charge is 0.283 e. The fraction of sp³-hybridized carbons (Fsp3) is 0.0833. The summed E-state index contributed by atoms with van der Waals surface area (Å²) in [4.78, 5) is 33.5. The first-order valence-electron chi connectivity index (χ1n) is 14.7. The number of hydrogen-bond donors (Lipinski definition) is 1. The minimum Gasteiger partial charge on any atom is -0.493 e. The third-order valence-corrected chi connectivity index (χ3v) is 11.0. The van der Waals surface area contributed by atoms with Crippen LogP contribution in [0, 0.1) is 25.5 Å². The zero-order valence-electron chi connectivity index (χ0n) is 26.9. The summed E-state index contributed by atoms with van der Waals surface area (Å²) in [5.41, 5.74) is 1.40. The van der Waals surface area contributed by atoms with E-state index in [2.05, 4.69) is 9.97 Å². The fourth-order valence-corrected chi connectivity index (χ4v) is 7.88. The van der Waals surface area contributed by atoms with E-state index in [1.54, 1.807) is 74.7 Å². The first kappa shape index (κ1) is 39.7. The lowest BCUT2D eigenvalue weighted by atomic mass is 10.1. The lowest BCUT2D eigenvalue weighted by Gasteiger charge is -2.13. The van der Waals surface area contributed by atoms with Crippen LogP contribution in [0.4, 0.5) is 8.78 Å². The number of thiocarbonyl (C=S) groups is 1. The summed E-state index contributed by atoms with van der Waals surface area (Å²) in [6.07, 6.45) is 1.74. The van der Waals surface area contributed by atoms with Gasteiger partial charge in [-0.05, 0) is 92.0 Å². The molecule has 0 aliphatic rings. The molecule has 52 heavy (non-hydrogen) atoms. The van der Waals surface area contributed by atoms with E-state index in [4.69, 9.17) is 63.4 Å². The molecule has 0 atom stereocenters. The van der Waals surface area contributed by atoms with Gasteiger partial charge in [0.25, 0.3) is 5.56 Å². The molecule has 6 nitrogen and oxygen atoms in total. The minimum absolute atomic E-state index is 0.0492. The van der Waals surface area contributed by atoms with Crippen LogP contribution in [0.1, 0.15) is 11.1 Å². The largest absolute Gasteiger partial charge is 0.493 e. The molecule has 266 valence electrons. The molecule has 16 heteroatoms. The number of benzene rings is 4. The highest BCUT2D eigenvalue weighted by molar-refractivity contribution is 8.22. The molecule has 0 bridgehead atoms. The van der Waals surface area contributed by atoms with Gasteiger partial charge >= 0.3 is 0 Å². The number of nitrogens with zero attached hydrogens (tertiary/aromatic N) is 2. The molecular weight excluding hydrogens is 832 g/mol. The van der Waals surface area contributed by atoms with Crippen molar-refractivity contribution in [2.24, 2.45) is 0 Å². The van der Waals surface area contributed by atoms with E-state index in [-0.39, 0.29) is 41.7 Å². The number of rotatable bonds is 5. The van der Waals surface area contributed by atoms with Crippen molar-refractivity contribution in [1.29, 1.82) is 0 Å². The summed E-state index contributed by atoms with van der Waals surface area (Å²) in [6.45, 7) is 3.39. The van der Waals surface area contributed by atoms with Crippen LogP contribution in [0.3, 0.4) is 0 Å². The maximum absolute atomic E-state index is 14.7. The van der Waals surface area contributed by atoms with Crippen LogP contribution in [-0.2, 0) is 0 Å². The Morgan fingerprint density at radius 3 is 1.63 bits per heavy atom. The monoisotopic (exact) mass is 852 g/mol. The van der Waals surface area contributed by atoms with Gasteiger partial charge in [-0.2, -0.15) is 4.98 Å². The highest BCUT2D eigenvalue weighted by atomic mass is 35.5. The zero-order valence-corrected chi connectivity index (χ0v) is 33.2. The molecular formula is C36H22Cl4F2N2O4S4. The van der Waals surface area contributed by atoms with Gasteiger partial charge < -0.3 is 9.84 Å². The van der Waals surface area contributed by atoms with Crippen molar-refractivity contribution in [3.63, 3.8) is 0 Å². The van der Waals surface area contributed by atoms with Crippen molar-refractivity contribution in [3.05, 3.63) is 136 Å². The van der Waals surface area contributed by atoms with Crippen molar-refractivity contribution < 1.29 is 18.6 Å². The van der Waals surface area contributed by atoms with Crippen LogP contribution < -0.4 is 15.0 Å². The predicted molar refractivity (Wildman–Crippen MR) is 216 cm³/mol. The molecule has 0 unspecified atom stereocenters. The fourth-order valence-electron chi connectivity index (χ4n) is 4.72. The summed E-state index contributed by atoms with van der Waals surface area (Å²) in [6, 6.07) is 19.2. The number of hydrogen-bond acceptors (Lipinski definition) is 10. The van der Waals surface area contributed by atoms with Crippen LogP contribution in [0.5, 0.6) is 10.9 Å². The molecule has 6 rings (SSSR count). The molecule has 2 heterocycles. The quantitative estimate of drug-likeness (QED) is 0.172. The van der Waals surface area contributed by atoms with E-state index in [1.807, 2.05) is 0 Å². The molecule has 0 saturated carbocycles. The molecule has 2 aromatic heterocycles. The van der Waals surface area contributed by atoms with Gasteiger partial charge in [-0.25, -0.2) is 13.8 Å². The van der Waals surface area contributed by atoms with Crippen molar-refractivity contribution in [3.8, 4) is 54.3 Å². The zero-order chi connectivity index (χ0) is 37.9. The number of halogens is 6. The maximum Gasteiger partial charge on any atom is 0.283 e. The molecule has 0 aliphatic heterocycles. The lowest BCUT2D eigenvalue weighted by Crippen LogP contribution is -2.13. The Labute approximate surface area is 333 Å². The van der Waals surface area contributed by atoms with Crippen LogP contribution in [0.25, 0.3) is 43.4 Å². The van der Waals surface area contributed by atoms with Gasteiger partial charge in [-0.1, -0.05) is 105 Å². The summed E-state index contributed by atoms with van der Waals surface area (Å²) in [5.74, 6) is -1.87. The summed E-state index contributed by atoms with van der Waals surface area (Å²) >= 11 is 32.3. The van der Waals surface area contributed by atoms with Crippen LogP contribution in [-0.4, -0.2) is 25.7 Å². The van der Waals surface area contributed by atoms with Gasteiger partial charge in [-0.3, -0.25) is 9.59 Å². The van der Waals surface area contributed by atoms with Gasteiger partial charge in [0.1, 0.15) is 32.8 Å². The van der Waals surface area contributed by atoms with Crippen molar-refractivity contribution >= 4 is 97.4 Å². The first-order valence-corrected chi connectivity index (χ1v) is 19.4. The first-order chi connectivity index (χ1) is 24.7. The molecule has 1 N–H and O–H groups in total. The maximum atomic E-state index is 14.7. The Morgan fingerprint density at radius 2 is 1.19 bits per heavy atom. The highest BCUT2D eigenvalue weighted by Gasteiger charge is 2.24. The van der Waals surface area contributed by atoms with Crippen LogP contribution >= 0.6 is 93.1 Å². The molecule has 0 radical (unpaired) electrons. The Kier molecular flexibility index (Phi) is 13.1. The molecule has 0 spiro atoms. The Bertz CT molecular complexity index is 2400. The number of thioether (sulfide) groups is 1. The molecule has 0 saturated heterocycles. The average Bonchev–Trinajstić information content (AvgIpc) is 3.07. The Hall–Kier alpha value is -3.46. The number of ether oxygens (including phenoxy) is 1. The normalized spacial score (nSPS) is 10.8. The number of aromatic nitrogens is 2. The van der Waals surface area contributed by atoms with Gasteiger partial charge in [0, 0.05) is 32.3 Å². The average molecular weight is 855 g/mol. The summed E-state index contributed by atoms with van der Waals surface area (Å²) in [5, 5.41) is 12.3. The van der Waals surface area contributed by atoms with E-state index >= 15 is 0 Å². The minimum atomic E-state index is -0.680. The predicted octanol–water partition coefficient (Wildman–Crippen LogP) is 11.9. The van der Waals surface area contributed by atoms with E-state index in [0.29, 0.717) is 42.3 Å². The second kappa shape index (κ2) is 17.1. The SMILES string of the molecule is CSC(=S)Oc1sc(-c2ccc(Cl)cc2)nc(=O)c1-c1c(F)cc(C)cc1Cl.Cc1cc(F)c(-c2c(O)nc(-c3ccc(Cl)cc3)sc2=O)c(Cl)c1. The van der Waals surface area contributed by atoms with Gasteiger partial charge in [0.05, 0.1) is 10.0 Å². The second-order valence-corrected chi connectivity index (χ2v) is 15.8. The van der Waals surface area contributed by atoms with E-state index in [1.165, 1.54) is 30.0 Å². The summed E-state index contributed by atoms with van der Waals surface area (Å²) < 4.78 is 34.3. The third kappa shape index (κ3) is 9.18. The summed E-state index contributed by atoms with van der Waals surface area (Å²) in [7, 11) is 0. The van der Waals surface area contributed by atoms with E-state index in [9.17, 15) is 23.5 Å². The van der Waals surface area contributed by atoms with Crippen molar-refractivity contribution in [2.45, 2.75) is 13.8 Å². The Balaban J connectivity index is 0.000000203.